The van der Waals surface area contributed by atoms with Crippen LogP contribution >= 0.6 is 0 Å². The Labute approximate surface area is 70.5 Å². The van der Waals surface area contributed by atoms with Crippen molar-refractivity contribution in [1.82, 2.24) is 5.32 Å². The normalized spacial score (nSPS) is 30.6. The van der Waals surface area contributed by atoms with Gasteiger partial charge in [-0.05, 0) is 12.8 Å². The summed E-state index contributed by atoms with van der Waals surface area (Å²) in [6, 6.07) is 0. The molecule has 5 heteroatoms. The van der Waals surface area contributed by atoms with E-state index in [2.05, 4.69) is 5.32 Å². The smallest absolute Gasteiger partial charge is 0.237 e. The van der Waals surface area contributed by atoms with Crippen molar-refractivity contribution < 1.29 is 9.59 Å². The zero-order valence-electron chi connectivity index (χ0n) is 6.80. The van der Waals surface area contributed by atoms with Crippen molar-refractivity contribution in [3.63, 3.8) is 0 Å². The van der Waals surface area contributed by atoms with Gasteiger partial charge in [-0.2, -0.15) is 0 Å². The van der Waals surface area contributed by atoms with Gasteiger partial charge in [-0.15, -0.1) is 0 Å². The van der Waals surface area contributed by atoms with Gasteiger partial charge in [0, 0.05) is 13.0 Å². The van der Waals surface area contributed by atoms with Gasteiger partial charge in [0.15, 0.2) is 0 Å². The molecule has 68 valence electrons. The molecule has 1 aliphatic rings. The van der Waals surface area contributed by atoms with Crippen LogP contribution in [-0.2, 0) is 9.59 Å². The van der Waals surface area contributed by atoms with E-state index in [1.54, 1.807) is 0 Å². The zero-order valence-corrected chi connectivity index (χ0v) is 6.80. The molecule has 1 rings (SSSR count). The number of primary amides is 1. The van der Waals surface area contributed by atoms with Gasteiger partial charge < -0.3 is 16.8 Å². The van der Waals surface area contributed by atoms with Gasteiger partial charge in [0.05, 0.1) is 5.54 Å². The van der Waals surface area contributed by atoms with E-state index in [0.717, 1.165) is 0 Å². The molecule has 1 saturated heterocycles. The van der Waals surface area contributed by atoms with E-state index < -0.39 is 11.4 Å². The van der Waals surface area contributed by atoms with Gasteiger partial charge in [0.2, 0.25) is 11.8 Å². The average Bonchev–Trinajstić information content (AvgIpc) is 2.15. The van der Waals surface area contributed by atoms with Crippen LogP contribution < -0.4 is 16.8 Å². The molecule has 1 unspecified atom stereocenters. The lowest BCUT2D eigenvalue weighted by Crippen LogP contribution is -2.52. The van der Waals surface area contributed by atoms with Crippen LogP contribution in [0, 0.1) is 0 Å². The van der Waals surface area contributed by atoms with Crippen LogP contribution in [0.5, 0.6) is 0 Å². The first-order chi connectivity index (χ1) is 5.54. The highest BCUT2D eigenvalue weighted by molar-refractivity contribution is 5.86. The molecule has 12 heavy (non-hydrogen) atoms. The lowest BCUT2D eigenvalue weighted by atomic mass is 9.91. The van der Waals surface area contributed by atoms with E-state index in [9.17, 15) is 9.59 Å². The molecular formula is C7H13N3O2. The largest absolute Gasteiger partial charge is 0.368 e. The summed E-state index contributed by atoms with van der Waals surface area (Å²) in [4.78, 5) is 21.8. The fourth-order valence-electron chi connectivity index (χ4n) is 1.22. The quantitative estimate of drug-likeness (QED) is 0.446. The second-order valence-corrected chi connectivity index (χ2v) is 3.12. The zero-order chi connectivity index (χ0) is 9.19. The molecule has 0 bridgehead atoms. The fourth-order valence-corrected chi connectivity index (χ4v) is 1.22. The van der Waals surface area contributed by atoms with Crippen molar-refractivity contribution in [3.05, 3.63) is 0 Å². The van der Waals surface area contributed by atoms with Crippen LogP contribution in [0.3, 0.4) is 0 Å². The molecule has 0 aromatic heterocycles. The van der Waals surface area contributed by atoms with E-state index in [0.29, 0.717) is 19.4 Å². The Bertz CT molecular complexity index is 217. The third kappa shape index (κ3) is 1.73. The molecule has 0 spiro atoms. The second-order valence-electron chi connectivity index (χ2n) is 3.12. The number of amides is 2. The number of nitrogens with one attached hydrogen (secondary N) is 1. The molecule has 1 atom stereocenters. The molecule has 0 aromatic rings. The SMILES string of the molecule is NC(=O)C1(N)CCNC(=O)CC1. The molecule has 1 aliphatic heterocycles. The molecule has 0 radical (unpaired) electrons. The maximum atomic E-state index is 10.9. The van der Waals surface area contributed by atoms with Gasteiger partial charge in [0.1, 0.15) is 0 Å². The van der Waals surface area contributed by atoms with Crippen LogP contribution in [0.4, 0.5) is 0 Å². The summed E-state index contributed by atoms with van der Waals surface area (Å²) in [5, 5.41) is 2.63. The van der Waals surface area contributed by atoms with Crippen LogP contribution in [0.15, 0.2) is 0 Å². The molecule has 5 nitrogen and oxygen atoms in total. The van der Waals surface area contributed by atoms with E-state index in [1.807, 2.05) is 0 Å². The summed E-state index contributed by atoms with van der Waals surface area (Å²) >= 11 is 0. The lowest BCUT2D eigenvalue weighted by Gasteiger charge is -2.22. The molecule has 1 fully saturated rings. The standard InChI is InChI=1S/C7H13N3O2/c8-6(12)7(9)2-1-5(11)10-4-3-7/h1-4,9H2,(H2,8,12)(H,10,11). The molecule has 0 aliphatic carbocycles. The van der Waals surface area contributed by atoms with Crippen molar-refractivity contribution in [3.8, 4) is 0 Å². The van der Waals surface area contributed by atoms with Gasteiger partial charge in [0.25, 0.3) is 0 Å². The summed E-state index contributed by atoms with van der Waals surface area (Å²) < 4.78 is 0. The highest BCUT2D eigenvalue weighted by atomic mass is 16.2. The molecule has 2 amide bonds. The number of rotatable bonds is 1. The first kappa shape index (κ1) is 8.99. The Kier molecular flexibility index (Phi) is 2.32. The maximum absolute atomic E-state index is 10.9. The first-order valence-electron chi connectivity index (χ1n) is 3.90. The average molecular weight is 171 g/mol. The minimum atomic E-state index is -1.00. The van der Waals surface area contributed by atoms with Crippen LogP contribution in [0.1, 0.15) is 19.3 Å². The molecule has 5 N–H and O–H groups in total. The Morgan fingerprint density at radius 1 is 1.50 bits per heavy atom. The molecule has 0 aromatic carbocycles. The summed E-state index contributed by atoms with van der Waals surface area (Å²) in [5.74, 6) is -0.595. The number of carbonyl (C=O) groups excluding carboxylic acids is 2. The Hall–Kier alpha value is -1.10. The molecule has 0 saturated carbocycles. The third-order valence-electron chi connectivity index (χ3n) is 2.18. The van der Waals surface area contributed by atoms with E-state index in [4.69, 9.17) is 11.5 Å². The van der Waals surface area contributed by atoms with Crippen molar-refractivity contribution in [2.75, 3.05) is 6.54 Å². The first-order valence-corrected chi connectivity index (χ1v) is 3.90. The van der Waals surface area contributed by atoms with Crippen molar-refractivity contribution in [2.45, 2.75) is 24.8 Å². The van der Waals surface area contributed by atoms with E-state index in [-0.39, 0.29) is 12.3 Å². The van der Waals surface area contributed by atoms with Crippen LogP contribution in [0.2, 0.25) is 0 Å². The van der Waals surface area contributed by atoms with Crippen LogP contribution in [0.25, 0.3) is 0 Å². The summed E-state index contributed by atoms with van der Waals surface area (Å²) in [6.45, 7) is 0.429. The third-order valence-corrected chi connectivity index (χ3v) is 2.18. The molecule has 1 heterocycles. The van der Waals surface area contributed by atoms with Crippen molar-refractivity contribution >= 4 is 11.8 Å². The minimum Gasteiger partial charge on any atom is -0.368 e. The van der Waals surface area contributed by atoms with Crippen molar-refractivity contribution in [1.29, 1.82) is 0 Å². The highest BCUT2D eigenvalue weighted by Gasteiger charge is 2.33. The summed E-state index contributed by atoms with van der Waals surface area (Å²) in [6.07, 6.45) is 1.04. The van der Waals surface area contributed by atoms with Gasteiger partial charge in [-0.3, -0.25) is 9.59 Å². The Balaban J connectivity index is 2.67. The highest BCUT2D eigenvalue weighted by Crippen LogP contribution is 2.15. The summed E-state index contributed by atoms with van der Waals surface area (Å²) in [5.41, 5.74) is 9.81. The lowest BCUT2D eigenvalue weighted by molar-refractivity contribution is -0.123. The summed E-state index contributed by atoms with van der Waals surface area (Å²) in [7, 11) is 0. The van der Waals surface area contributed by atoms with Gasteiger partial charge in [-0.25, -0.2) is 0 Å². The number of carbonyl (C=O) groups is 2. The monoisotopic (exact) mass is 171 g/mol. The minimum absolute atomic E-state index is 0.0661. The topological polar surface area (TPSA) is 98.2 Å². The van der Waals surface area contributed by atoms with E-state index in [1.165, 1.54) is 0 Å². The Morgan fingerprint density at radius 3 is 2.75 bits per heavy atom. The second kappa shape index (κ2) is 3.10. The predicted octanol–water partition coefficient (Wildman–Crippen LogP) is -1.53. The fraction of sp³-hybridized carbons (Fsp3) is 0.714. The molecular weight excluding hydrogens is 158 g/mol. The van der Waals surface area contributed by atoms with E-state index >= 15 is 0 Å². The maximum Gasteiger partial charge on any atom is 0.237 e. The van der Waals surface area contributed by atoms with Gasteiger partial charge in [-0.1, -0.05) is 0 Å². The predicted molar refractivity (Wildman–Crippen MR) is 43.0 cm³/mol. The number of nitrogens with two attached hydrogens (primary N) is 2. The number of hydrogen-bond donors (Lipinski definition) is 3. The van der Waals surface area contributed by atoms with Crippen LogP contribution in [-0.4, -0.2) is 23.9 Å². The Morgan fingerprint density at radius 2 is 2.17 bits per heavy atom. The van der Waals surface area contributed by atoms with Gasteiger partial charge >= 0.3 is 0 Å². The number of hydrogen-bond acceptors (Lipinski definition) is 3. The van der Waals surface area contributed by atoms with Crippen molar-refractivity contribution in [2.24, 2.45) is 11.5 Å².